The van der Waals surface area contributed by atoms with E-state index < -0.39 is 0 Å². The molecule has 0 aromatic rings. The van der Waals surface area contributed by atoms with Crippen LogP contribution in [0, 0.1) is 11.3 Å². The smallest absolute Gasteiger partial charge is 0.136 e. The molecule has 0 fully saturated rings. The Labute approximate surface area is 66.8 Å². The standard InChI is InChI=1S/C8H12N2O/c1-4-10-6(2)8(5-9)7(3)11-10/h6H,4H2,1-3H3. The van der Waals surface area contributed by atoms with Crippen LogP contribution in [0.25, 0.3) is 0 Å². The van der Waals surface area contributed by atoms with E-state index in [1.807, 2.05) is 20.8 Å². The van der Waals surface area contributed by atoms with Crippen molar-refractivity contribution in [1.82, 2.24) is 5.06 Å². The highest BCUT2D eigenvalue weighted by Gasteiger charge is 2.27. The second-order valence-corrected chi connectivity index (χ2v) is 2.58. The predicted octanol–water partition coefficient (Wildman–Crippen LogP) is 1.44. The fourth-order valence-corrected chi connectivity index (χ4v) is 1.25. The minimum Gasteiger partial charge on any atom is -0.409 e. The predicted molar refractivity (Wildman–Crippen MR) is 41.2 cm³/mol. The maximum absolute atomic E-state index is 8.71. The van der Waals surface area contributed by atoms with Crippen LogP contribution in [-0.2, 0) is 4.84 Å². The molecule has 1 aliphatic heterocycles. The third-order valence-corrected chi connectivity index (χ3v) is 1.92. The van der Waals surface area contributed by atoms with E-state index in [4.69, 9.17) is 10.1 Å². The zero-order valence-electron chi connectivity index (χ0n) is 7.09. The first-order valence-electron chi connectivity index (χ1n) is 3.76. The highest BCUT2D eigenvalue weighted by molar-refractivity contribution is 5.30. The summed E-state index contributed by atoms with van der Waals surface area (Å²) in [7, 11) is 0. The van der Waals surface area contributed by atoms with Gasteiger partial charge in [-0.2, -0.15) is 5.26 Å². The minimum atomic E-state index is 0.116. The zero-order chi connectivity index (χ0) is 8.43. The van der Waals surface area contributed by atoms with Crippen LogP contribution in [0.3, 0.4) is 0 Å². The molecule has 3 heteroatoms. The summed E-state index contributed by atoms with van der Waals surface area (Å²) < 4.78 is 0. The van der Waals surface area contributed by atoms with Gasteiger partial charge < -0.3 is 4.84 Å². The quantitative estimate of drug-likeness (QED) is 0.570. The van der Waals surface area contributed by atoms with E-state index in [1.165, 1.54) is 0 Å². The number of hydrogen-bond donors (Lipinski definition) is 0. The van der Waals surface area contributed by atoms with Crippen LogP contribution in [0.2, 0.25) is 0 Å². The monoisotopic (exact) mass is 152 g/mol. The van der Waals surface area contributed by atoms with Crippen LogP contribution in [0.5, 0.6) is 0 Å². The van der Waals surface area contributed by atoms with Crippen molar-refractivity contribution in [1.29, 1.82) is 5.26 Å². The second kappa shape index (κ2) is 2.93. The van der Waals surface area contributed by atoms with E-state index in [1.54, 1.807) is 5.06 Å². The molecule has 1 atom stereocenters. The van der Waals surface area contributed by atoms with Crippen molar-refractivity contribution in [2.45, 2.75) is 26.8 Å². The van der Waals surface area contributed by atoms with Crippen molar-refractivity contribution in [2.24, 2.45) is 0 Å². The topological polar surface area (TPSA) is 36.3 Å². The lowest BCUT2D eigenvalue weighted by atomic mass is 10.1. The van der Waals surface area contributed by atoms with Crippen LogP contribution in [0.1, 0.15) is 20.8 Å². The molecule has 0 saturated carbocycles. The Kier molecular flexibility index (Phi) is 2.16. The highest BCUT2D eigenvalue weighted by Crippen LogP contribution is 2.24. The van der Waals surface area contributed by atoms with Gasteiger partial charge in [0.1, 0.15) is 11.8 Å². The van der Waals surface area contributed by atoms with Crippen molar-refractivity contribution in [3.05, 3.63) is 11.3 Å². The van der Waals surface area contributed by atoms with E-state index in [0.29, 0.717) is 0 Å². The van der Waals surface area contributed by atoms with Crippen molar-refractivity contribution in [3.8, 4) is 6.07 Å². The summed E-state index contributed by atoms with van der Waals surface area (Å²) >= 11 is 0. The Morgan fingerprint density at radius 3 is 2.64 bits per heavy atom. The van der Waals surface area contributed by atoms with E-state index in [9.17, 15) is 0 Å². The molecule has 0 aliphatic carbocycles. The molecule has 0 radical (unpaired) electrons. The molecule has 1 unspecified atom stereocenters. The largest absolute Gasteiger partial charge is 0.409 e. The molecule has 1 aliphatic rings. The van der Waals surface area contributed by atoms with Gasteiger partial charge >= 0.3 is 0 Å². The summed E-state index contributed by atoms with van der Waals surface area (Å²) in [6.07, 6.45) is 0. The van der Waals surface area contributed by atoms with Gasteiger partial charge in [0.2, 0.25) is 0 Å². The summed E-state index contributed by atoms with van der Waals surface area (Å²) in [6, 6.07) is 2.26. The lowest BCUT2D eigenvalue weighted by Gasteiger charge is -2.17. The van der Waals surface area contributed by atoms with Crippen molar-refractivity contribution >= 4 is 0 Å². The van der Waals surface area contributed by atoms with Gasteiger partial charge in [-0.25, -0.2) is 0 Å². The van der Waals surface area contributed by atoms with Crippen LogP contribution in [-0.4, -0.2) is 17.6 Å². The summed E-state index contributed by atoms with van der Waals surface area (Å²) in [5, 5.41) is 10.5. The van der Waals surface area contributed by atoms with Crippen molar-refractivity contribution in [2.75, 3.05) is 6.54 Å². The first-order chi connectivity index (χ1) is 5.20. The van der Waals surface area contributed by atoms with Gasteiger partial charge in [-0.05, 0) is 20.8 Å². The Bertz CT molecular complexity index is 227. The van der Waals surface area contributed by atoms with Crippen LogP contribution >= 0.6 is 0 Å². The average molecular weight is 152 g/mol. The highest BCUT2D eigenvalue weighted by atomic mass is 16.7. The van der Waals surface area contributed by atoms with E-state index in [-0.39, 0.29) is 6.04 Å². The van der Waals surface area contributed by atoms with Crippen molar-refractivity contribution in [3.63, 3.8) is 0 Å². The number of likely N-dealkylation sites (N-methyl/N-ethyl adjacent to an activating group) is 1. The van der Waals surface area contributed by atoms with Crippen LogP contribution in [0.15, 0.2) is 11.3 Å². The van der Waals surface area contributed by atoms with Gasteiger partial charge in [-0.15, -0.1) is 5.06 Å². The van der Waals surface area contributed by atoms with Gasteiger partial charge in [0.15, 0.2) is 0 Å². The zero-order valence-corrected chi connectivity index (χ0v) is 7.09. The second-order valence-electron chi connectivity index (χ2n) is 2.58. The number of nitrogens with zero attached hydrogens (tertiary/aromatic N) is 2. The number of hydroxylamine groups is 2. The molecule has 0 saturated heterocycles. The molecule has 1 heterocycles. The fraction of sp³-hybridized carbons (Fsp3) is 0.625. The molecule has 0 bridgehead atoms. The molecule has 0 aromatic heterocycles. The van der Waals surface area contributed by atoms with E-state index in [2.05, 4.69) is 6.07 Å². The molecule has 1 rings (SSSR count). The first kappa shape index (κ1) is 8.09. The summed E-state index contributed by atoms with van der Waals surface area (Å²) in [4.78, 5) is 5.32. The molecule has 60 valence electrons. The van der Waals surface area contributed by atoms with E-state index in [0.717, 1.165) is 17.9 Å². The Balaban J connectivity index is 2.80. The maximum Gasteiger partial charge on any atom is 0.136 e. The normalized spacial score (nSPS) is 25.1. The Morgan fingerprint density at radius 1 is 1.73 bits per heavy atom. The first-order valence-corrected chi connectivity index (χ1v) is 3.76. The van der Waals surface area contributed by atoms with E-state index >= 15 is 0 Å². The molecule has 0 amide bonds. The van der Waals surface area contributed by atoms with Gasteiger partial charge in [0.25, 0.3) is 0 Å². The molecular formula is C8H12N2O. The number of rotatable bonds is 1. The minimum absolute atomic E-state index is 0.116. The lowest BCUT2D eigenvalue weighted by molar-refractivity contribution is -0.109. The Hall–Kier alpha value is -1.01. The van der Waals surface area contributed by atoms with Crippen LogP contribution in [0.4, 0.5) is 0 Å². The third-order valence-electron chi connectivity index (χ3n) is 1.92. The number of hydrogen-bond acceptors (Lipinski definition) is 3. The average Bonchev–Trinajstić information content (AvgIpc) is 2.26. The fourth-order valence-electron chi connectivity index (χ4n) is 1.25. The molecule has 11 heavy (non-hydrogen) atoms. The third kappa shape index (κ3) is 1.22. The molecule has 0 spiro atoms. The SMILES string of the molecule is CCN1OC(C)=C(C#N)C1C. The van der Waals surface area contributed by atoms with Crippen molar-refractivity contribution < 1.29 is 4.84 Å². The number of nitriles is 1. The Morgan fingerprint density at radius 2 is 2.36 bits per heavy atom. The van der Waals surface area contributed by atoms with Gasteiger partial charge in [-0.3, -0.25) is 0 Å². The summed E-state index contributed by atoms with van der Waals surface area (Å²) in [6.45, 7) is 6.61. The van der Waals surface area contributed by atoms with Gasteiger partial charge in [0, 0.05) is 6.54 Å². The number of allylic oxidation sites excluding steroid dienone is 1. The molecule has 0 aromatic carbocycles. The summed E-state index contributed by atoms with van der Waals surface area (Å²) in [5.41, 5.74) is 0.742. The molecule has 0 N–H and O–H groups in total. The lowest BCUT2D eigenvalue weighted by Crippen LogP contribution is -2.27. The van der Waals surface area contributed by atoms with Gasteiger partial charge in [-0.1, -0.05) is 0 Å². The molecule has 3 nitrogen and oxygen atoms in total. The van der Waals surface area contributed by atoms with Gasteiger partial charge in [0.05, 0.1) is 11.6 Å². The maximum atomic E-state index is 8.71. The summed E-state index contributed by atoms with van der Waals surface area (Å²) in [5.74, 6) is 0.738. The molecular weight excluding hydrogens is 140 g/mol. The van der Waals surface area contributed by atoms with Crippen LogP contribution < -0.4 is 0 Å².